The minimum Gasteiger partial charge on any atom is -0.457 e. The number of aromatic nitrogens is 1. The van der Waals surface area contributed by atoms with Crippen molar-refractivity contribution in [2.75, 3.05) is 0 Å². The Kier molecular flexibility index (Phi) is 9.31. The Labute approximate surface area is 226 Å². The van der Waals surface area contributed by atoms with Gasteiger partial charge in [-0.25, -0.2) is 4.98 Å². The molecule has 0 amide bonds. The maximum absolute atomic E-state index is 14.0. The molecular formula is C28H38F3NO5S. The Bertz CT molecular complexity index is 1090. The van der Waals surface area contributed by atoms with Gasteiger partial charge in [-0.1, -0.05) is 33.8 Å². The van der Waals surface area contributed by atoms with Crippen molar-refractivity contribution in [1.82, 2.24) is 4.98 Å². The molecule has 1 aliphatic carbocycles. The summed E-state index contributed by atoms with van der Waals surface area (Å²) in [6.45, 7) is 9.86. The first-order valence-electron chi connectivity index (χ1n) is 13.0. The van der Waals surface area contributed by atoms with Crippen molar-refractivity contribution in [2.45, 2.75) is 91.7 Å². The smallest absolute Gasteiger partial charge is 0.412 e. The number of esters is 1. The van der Waals surface area contributed by atoms with Crippen molar-refractivity contribution in [3.63, 3.8) is 0 Å². The van der Waals surface area contributed by atoms with Gasteiger partial charge in [-0.05, 0) is 56.1 Å². The Morgan fingerprint density at radius 3 is 2.45 bits per heavy atom. The van der Waals surface area contributed by atoms with Crippen LogP contribution in [0.5, 0.6) is 0 Å². The predicted octanol–water partition coefficient (Wildman–Crippen LogP) is 5.66. The molecule has 0 unspecified atom stereocenters. The van der Waals surface area contributed by atoms with Crippen LogP contribution in [0.4, 0.5) is 13.2 Å². The zero-order valence-electron chi connectivity index (χ0n) is 22.7. The molecule has 10 heteroatoms. The number of alkyl halides is 3. The summed E-state index contributed by atoms with van der Waals surface area (Å²) in [5.74, 6) is -2.91. The van der Waals surface area contributed by atoms with Gasteiger partial charge in [0.05, 0.1) is 34.7 Å². The van der Waals surface area contributed by atoms with E-state index in [1.165, 1.54) is 25.2 Å². The third-order valence-electron chi connectivity index (χ3n) is 8.16. The molecule has 38 heavy (non-hydrogen) atoms. The highest BCUT2D eigenvalue weighted by molar-refractivity contribution is 7.09. The highest BCUT2D eigenvalue weighted by Crippen LogP contribution is 2.51. The van der Waals surface area contributed by atoms with Crippen LogP contribution in [0.3, 0.4) is 0 Å². The molecule has 1 aromatic rings. The van der Waals surface area contributed by atoms with Gasteiger partial charge in [-0.2, -0.15) is 13.2 Å². The third-order valence-corrected chi connectivity index (χ3v) is 8.96. The van der Waals surface area contributed by atoms with Crippen molar-refractivity contribution in [3.8, 4) is 0 Å². The van der Waals surface area contributed by atoms with Crippen molar-refractivity contribution in [2.24, 2.45) is 29.1 Å². The molecule has 0 saturated heterocycles. The Morgan fingerprint density at radius 1 is 1.21 bits per heavy atom. The monoisotopic (exact) mass is 557 g/mol. The van der Waals surface area contributed by atoms with Gasteiger partial charge in [0.25, 0.3) is 0 Å². The molecule has 2 heterocycles. The van der Waals surface area contributed by atoms with Crippen LogP contribution in [-0.2, 0) is 14.3 Å². The van der Waals surface area contributed by atoms with Crippen LogP contribution in [0.1, 0.15) is 71.0 Å². The molecule has 0 radical (unpaired) electrons. The Hall–Kier alpha value is -2.04. The molecule has 1 fully saturated rings. The van der Waals surface area contributed by atoms with E-state index in [4.69, 9.17) is 4.74 Å². The van der Waals surface area contributed by atoms with Crippen LogP contribution >= 0.6 is 11.3 Å². The van der Waals surface area contributed by atoms with Gasteiger partial charge < -0.3 is 14.9 Å². The highest BCUT2D eigenvalue weighted by Gasteiger charge is 2.49. The quantitative estimate of drug-likeness (QED) is 0.360. The number of Topliss-reactive ketones (excluding diaryl/α,β-unsaturated/α-hetero) is 1. The molecule has 212 valence electrons. The summed E-state index contributed by atoms with van der Waals surface area (Å²) in [5, 5.41) is 24.4. The number of rotatable bonds is 2. The second-order valence-corrected chi connectivity index (χ2v) is 12.5. The number of thiazole rings is 1. The highest BCUT2D eigenvalue weighted by atomic mass is 32.1. The number of hydrogen-bond donors (Lipinski definition) is 2. The fourth-order valence-corrected chi connectivity index (χ4v) is 5.90. The van der Waals surface area contributed by atoms with Crippen LogP contribution in [-0.4, -0.2) is 51.4 Å². The number of ether oxygens (including phenoxy) is 1. The lowest BCUT2D eigenvalue weighted by molar-refractivity contribution is -0.154. The number of carbonyl (C=O) groups excluding carboxylic acids is 2. The maximum Gasteiger partial charge on any atom is 0.412 e. The van der Waals surface area contributed by atoms with Gasteiger partial charge in [0, 0.05) is 23.3 Å². The zero-order chi connectivity index (χ0) is 28.6. The van der Waals surface area contributed by atoms with Crippen molar-refractivity contribution in [3.05, 3.63) is 33.3 Å². The number of aliphatic hydroxyl groups excluding tert-OH is 2. The van der Waals surface area contributed by atoms with E-state index in [9.17, 15) is 33.0 Å². The largest absolute Gasteiger partial charge is 0.457 e. The standard InChI is InChI=1S/C28H38F3NO5S/c1-14(9-20-13-38-17(4)32-20)22-8-7-19(28(29,30)31)10-18-11-21(18)15(2)25(35)16(3)26(36)27(5,6)23(33)12-24(34)37-22/h7,9,13,15-16,18,21-23,25,33,35H,8,10-12H2,1-6H3/b14-9?,19-7+/t15-,16+,18+,21+,22-,23-,25+/m0/s1. The van der Waals surface area contributed by atoms with Crippen molar-refractivity contribution in [1.29, 1.82) is 0 Å². The van der Waals surface area contributed by atoms with E-state index >= 15 is 0 Å². The number of nitrogens with zero attached hydrogens (tertiary/aromatic N) is 1. The number of hydrogen-bond acceptors (Lipinski definition) is 7. The van der Waals surface area contributed by atoms with Gasteiger partial charge in [0.1, 0.15) is 11.9 Å². The molecule has 0 bridgehead atoms. The summed E-state index contributed by atoms with van der Waals surface area (Å²) in [4.78, 5) is 30.5. The number of aryl methyl sites for hydroxylation is 1. The number of allylic oxidation sites excluding steroid dienone is 1. The van der Waals surface area contributed by atoms with E-state index in [-0.39, 0.29) is 24.7 Å². The average Bonchev–Trinajstić information content (AvgIpc) is 3.48. The fourth-order valence-electron chi connectivity index (χ4n) is 5.33. The maximum atomic E-state index is 14.0. The number of carbonyl (C=O) groups is 2. The lowest BCUT2D eigenvalue weighted by Gasteiger charge is -2.34. The van der Waals surface area contributed by atoms with Crippen LogP contribution in [0.15, 0.2) is 22.6 Å². The summed E-state index contributed by atoms with van der Waals surface area (Å²) in [7, 11) is 0. The van der Waals surface area contributed by atoms with Gasteiger partial charge in [0.15, 0.2) is 0 Å². The van der Waals surface area contributed by atoms with Gasteiger partial charge in [0.2, 0.25) is 0 Å². The molecule has 7 atom stereocenters. The van der Waals surface area contributed by atoms with E-state index in [1.807, 2.05) is 6.92 Å². The van der Waals surface area contributed by atoms with E-state index in [0.717, 1.165) is 11.1 Å². The predicted molar refractivity (Wildman–Crippen MR) is 139 cm³/mol. The summed E-state index contributed by atoms with van der Waals surface area (Å²) in [6.07, 6.45) is -5.66. The first-order valence-corrected chi connectivity index (χ1v) is 13.9. The van der Waals surface area contributed by atoms with E-state index < -0.39 is 65.5 Å². The first-order chi connectivity index (χ1) is 17.5. The van der Waals surface area contributed by atoms with E-state index in [2.05, 4.69) is 4.98 Å². The zero-order valence-corrected chi connectivity index (χ0v) is 23.5. The van der Waals surface area contributed by atoms with Crippen molar-refractivity contribution >= 4 is 29.2 Å². The molecule has 1 aliphatic heterocycles. The molecule has 1 saturated carbocycles. The number of cyclic esters (lactones) is 1. The van der Waals surface area contributed by atoms with Crippen LogP contribution < -0.4 is 0 Å². The molecule has 2 aliphatic rings. The molecule has 2 N–H and O–H groups in total. The topological polar surface area (TPSA) is 96.7 Å². The third kappa shape index (κ3) is 7.12. The van der Waals surface area contributed by atoms with E-state index in [0.29, 0.717) is 17.7 Å². The Morgan fingerprint density at radius 2 is 1.87 bits per heavy atom. The average molecular weight is 558 g/mol. The minimum atomic E-state index is -4.55. The second kappa shape index (κ2) is 11.6. The lowest BCUT2D eigenvalue weighted by atomic mass is 9.72. The first kappa shape index (κ1) is 30.5. The SMILES string of the molecule is CC(=Cc1csc(C)n1)[C@@H]1C/C=C(/C(F)(F)F)C[C@@H]2C[C@@H]2[C@H](C)[C@@H](O)[C@@H](C)C(=O)C(C)(C)[C@@H](O)CC(=O)O1. The Balaban J connectivity index is 1.98. The molecule has 0 aromatic carbocycles. The minimum absolute atomic E-state index is 0.143. The van der Waals surface area contributed by atoms with Gasteiger partial charge >= 0.3 is 12.1 Å². The van der Waals surface area contributed by atoms with Gasteiger partial charge in [-0.15, -0.1) is 11.3 Å². The summed E-state index contributed by atoms with van der Waals surface area (Å²) >= 11 is 1.42. The van der Waals surface area contributed by atoms with Crippen LogP contribution in [0, 0.1) is 36.0 Å². The number of aliphatic hydroxyl groups is 2. The summed E-state index contributed by atoms with van der Waals surface area (Å²) < 4.78 is 47.5. The molecule has 0 spiro atoms. The summed E-state index contributed by atoms with van der Waals surface area (Å²) in [5.41, 5.74) is -0.909. The normalized spacial score (nSPS) is 35.2. The number of ketones is 1. The summed E-state index contributed by atoms with van der Waals surface area (Å²) in [6, 6.07) is 0. The fraction of sp³-hybridized carbons (Fsp3) is 0.679. The second-order valence-electron chi connectivity index (χ2n) is 11.4. The van der Waals surface area contributed by atoms with Crippen molar-refractivity contribution < 1.29 is 37.7 Å². The molecule has 1 aromatic heterocycles. The molecular weight excluding hydrogens is 519 g/mol. The number of halogens is 3. The van der Waals surface area contributed by atoms with E-state index in [1.54, 1.807) is 32.2 Å². The lowest BCUT2D eigenvalue weighted by Crippen LogP contribution is -2.46. The molecule has 6 nitrogen and oxygen atoms in total. The van der Waals surface area contributed by atoms with Gasteiger partial charge in [-0.3, -0.25) is 9.59 Å². The van der Waals surface area contributed by atoms with Crippen LogP contribution in [0.2, 0.25) is 0 Å². The van der Waals surface area contributed by atoms with Crippen LogP contribution in [0.25, 0.3) is 6.08 Å². The molecule has 3 rings (SSSR count). The number of fused-ring (bicyclic) bond motifs is 1.